The van der Waals surface area contributed by atoms with Crippen molar-refractivity contribution in [3.05, 3.63) is 35.1 Å². The summed E-state index contributed by atoms with van der Waals surface area (Å²) in [5.74, 6) is 0. The van der Waals surface area contributed by atoms with Crippen molar-refractivity contribution in [2.45, 2.75) is 6.92 Å². The second-order valence-electron chi connectivity index (χ2n) is 2.77. The van der Waals surface area contributed by atoms with E-state index in [1.165, 1.54) is 11.3 Å². The normalized spacial score (nSPS) is 9.71. The highest BCUT2D eigenvalue weighted by atomic mass is 32.1. The SMILES string of the molecule is Cc1sc(-c2ccncc2)nc1C#N. The third-order valence-corrected chi connectivity index (χ3v) is 2.85. The van der Waals surface area contributed by atoms with Crippen LogP contribution in [0.2, 0.25) is 0 Å². The highest BCUT2D eigenvalue weighted by molar-refractivity contribution is 7.15. The van der Waals surface area contributed by atoms with Gasteiger partial charge in [-0.3, -0.25) is 4.98 Å². The Morgan fingerprint density at radius 3 is 2.64 bits per heavy atom. The lowest BCUT2D eigenvalue weighted by Crippen LogP contribution is -1.78. The summed E-state index contributed by atoms with van der Waals surface area (Å²) in [5, 5.41) is 9.64. The monoisotopic (exact) mass is 201 g/mol. The maximum atomic E-state index is 8.76. The van der Waals surface area contributed by atoms with Crippen LogP contribution in [0, 0.1) is 18.3 Å². The van der Waals surface area contributed by atoms with Gasteiger partial charge >= 0.3 is 0 Å². The highest BCUT2D eigenvalue weighted by Crippen LogP contribution is 2.26. The Labute approximate surface area is 85.7 Å². The fourth-order valence-corrected chi connectivity index (χ4v) is 1.99. The Morgan fingerprint density at radius 1 is 1.36 bits per heavy atom. The first-order valence-electron chi connectivity index (χ1n) is 4.09. The third-order valence-electron chi connectivity index (χ3n) is 1.83. The molecule has 0 spiro atoms. The number of rotatable bonds is 1. The Hall–Kier alpha value is -1.73. The van der Waals surface area contributed by atoms with Crippen molar-refractivity contribution in [1.82, 2.24) is 9.97 Å². The molecule has 0 aliphatic rings. The lowest BCUT2D eigenvalue weighted by atomic mass is 10.3. The fourth-order valence-electron chi connectivity index (χ4n) is 1.12. The van der Waals surface area contributed by atoms with Gasteiger partial charge in [-0.25, -0.2) is 4.98 Å². The zero-order chi connectivity index (χ0) is 9.97. The number of thiazole rings is 1. The molecule has 0 unspecified atom stereocenters. The molecule has 68 valence electrons. The van der Waals surface area contributed by atoms with Crippen LogP contribution in [0.5, 0.6) is 0 Å². The van der Waals surface area contributed by atoms with Crippen molar-refractivity contribution < 1.29 is 0 Å². The number of aryl methyl sites for hydroxylation is 1. The molecule has 0 radical (unpaired) electrons. The first-order valence-corrected chi connectivity index (χ1v) is 4.91. The molecule has 0 fully saturated rings. The summed E-state index contributed by atoms with van der Waals surface area (Å²) < 4.78 is 0. The maximum Gasteiger partial charge on any atom is 0.155 e. The molecule has 0 aromatic carbocycles. The van der Waals surface area contributed by atoms with Gasteiger partial charge in [-0.1, -0.05) is 0 Å². The Bertz CT molecular complexity index is 482. The Balaban J connectivity index is 2.50. The molecule has 2 heterocycles. The van der Waals surface area contributed by atoms with Gasteiger partial charge in [-0.15, -0.1) is 11.3 Å². The van der Waals surface area contributed by atoms with Gasteiger partial charge in [0, 0.05) is 22.8 Å². The second-order valence-corrected chi connectivity index (χ2v) is 3.97. The van der Waals surface area contributed by atoms with Crippen LogP contribution >= 0.6 is 11.3 Å². The van der Waals surface area contributed by atoms with Crippen LogP contribution in [0.1, 0.15) is 10.6 Å². The molecule has 0 bridgehead atoms. The predicted molar refractivity (Wildman–Crippen MR) is 54.8 cm³/mol. The quantitative estimate of drug-likeness (QED) is 0.711. The summed E-state index contributed by atoms with van der Waals surface area (Å²) in [4.78, 5) is 9.12. The molecule has 0 N–H and O–H groups in total. The summed E-state index contributed by atoms with van der Waals surface area (Å²) >= 11 is 1.53. The van der Waals surface area contributed by atoms with Gasteiger partial charge in [0.15, 0.2) is 5.69 Å². The average molecular weight is 201 g/mol. The maximum absolute atomic E-state index is 8.76. The van der Waals surface area contributed by atoms with Crippen LogP contribution in [0.3, 0.4) is 0 Å². The van der Waals surface area contributed by atoms with Crippen molar-refractivity contribution in [3.63, 3.8) is 0 Å². The van der Waals surface area contributed by atoms with Crippen molar-refractivity contribution in [1.29, 1.82) is 5.26 Å². The molecule has 3 nitrogen and oxygen atoms in total. The molecule has 0 saturated carbocycles. The molecular formula is C10H7N3S. The Morgan fingerprint density at radius 2 is 2.07 bits per heavy atom. The van der Waals surface area contributed by atoms with Crippen molar-refractivity contribution in [2.24, 2.45) is 0 Å². The van der Waals surface area contributed by atoms with Crippen LogP contribution in [-0.4, -0.2) is 9.97 Å². The van der Waals surface area contributed by atoms with Gasteiger partial charge in [0.1, 0.15) is 11.1 Å². The van der Waals surface area contributed by atoms with Crippen LogP contribution < -0.4 is 0 Å². The largest absolute Gasteiger partial charge is 0.265 e. The summed E-state index contributed by atoms with van der Waals surface area (Å²) in [6, 6.07) is 5.85. The zero-order valence-corrected chi connectivity index (χ0v) is 8.38. The van der Waals surface area contributed by atoms with Gasteiger partial charge in [0.25, 0.3) is 0 Å². The van der Waals surface area contributed by atoms with Gasteiger partial charge < -0.3 is 0 Å². The molecule has 0 saturated heterocycles. The molecule has 0 aliphatic carbocycles. The van der Waals surface area contributed by atoms with Crippen LogP contribution in [0.25, 0.3) is 10.6 Å². The van der Waals surface area contributed by atoms with Gasteiger partial charge in [0.05, 0.1) is 0 Å². The predicted octanol–water partition coefficient (Wildman–Crippen LogP) is 2.39. The smallest absolute Gasteiger partial charge is 0.155 e. The van der Waals surface area contributed by atoms with E-state index < -0.39 is 0 Å². The topological polar surface area (TPSA) is 49.6 Å². The number of aromatic nitrogens is 2. The molecule has 0 atom stereocenters. The molecule has 14 heavy (non-hydrogen) atoms. The van der Waals surface area contributed by atoms with Crippen molar-refractivity contribution in [2.75, 3.05) is 0 Å². The lowest BCUT2D eigenvalue weighted by Gasteiger charge is -1.91. The van der Waals surface area contributed by atoms with Crippen molar-refractivity contribution >= 4 is 11.3 Å². The van der Waals surface area contributed by atoms with Gasteiger partial charge in [0.2, 0.25) is 0 Å². The fraction of sp³-hybridized carbons (Fsp3) is 0.100. The molecule has 2 aromatic rings. The highest BCUT2D eigenvalue weighted by Gasteiger charge is 2.07. The third kappa shape index (κ3) is 1.50. The molecule has 2 rings (SSSR count). The summed E-state index contributed by atoms with van der Waals surface area (Å²) in [6.07, 6.45) is 3.44. The number of pyridine rings is 1. The minimum Gasteiger partial charge on any atom is -0.265 e. The van der Waals surface area contributed by atoms with E-state index in [0.29, 0.717) is 5.69 Å². The van der Waals surface area contributed by atoms with Gasteiger partial charge in [-0.05, 0) is 19.1 Å². The molecule has 0 aliphatic heterocycles. The number of nitrogens with zero attached hydrogens (tertiary/aromatic N) is 3. The van der Waals surface area contributed by atoms with E-state index in [2.05, 4.69) is 16.0 Å². The molecular weight excluding hydrogens is 194 g/mol. The lowest BCUT2D eigenvalue weighted by molar-refractivity contribution is 1.28. The average Bonchev–Trinajstić information content (AvgIpc) is 2.61. The number of hydrogen-bond acceptors (Lipinski definition) is 4. The van der Waals surface area contributed by atoms with E-state index in [9.17, 15) is 0 Å². The first kappa shape index (κ1) is 8.85. The standard InChI is InChI=1S/C10H7N3S/c1-7-9(6-11)13-10(14-7)8-2-4-12-5-3-8/h2-5H,1H3. The molecule has 4 heteroatoms. The van der Waals surface area contributed by atoms with E-state index in [1.54, 1.807) is 12.4 Å². The zero-order valence-electron chi connectivity index (χ0n) is 7.56. The van der Waals surface area contributed by atoms with Crippen LogP contribution in [0.4, 0.5) is 0 Å². The van der Waals surface area contributed by atoms with Gasteiger partial charge in [-0.2, -0.15) is 5.26 Å². The first-order chi connectivity index (χ1) is 6.81. The van der Waals surface area contributed by atoms with E-state index in [-0.39, 0.29) is 0 Å². The molecule has 2 aromatic heterocycles. The van der Waals surface area contributed by atoms with E-state index in [0.717, 1.165) is 15.4 Å². The summed E-state index contributed by atoms with van der Waals surface area (Å²) in [6.45, 7) is 1.90. The minimum absolute atomic E-state index is 0.516. The molecule has 0 amide bonds. The van der Waals surface area contributed by atoms with E-state index in [4.69, 9.17) is 5.26 Å². The van der Waals surface area contributed by atoms with Crippen LogP contribution in [-0.2, 0) is 0 Å². The Kier molecular flexibility index (Phi) is 2.25. The minimum atomic E-state index is 0.516. The second kappa shape index (κ2) is 3.56. The van der Waals surface area contributed by atoms with E-state index >= 15 is 0 Å². The number of nitriles is 1. The summed E-state index contributed by atoms with van der Waals surface area (Å²) in [5.41, 5.74) is 1.52. The van der Waals surface area contributed by atoms with Crippen molar-refractivity contribution in [3.8, 4) is 16.6 Å². The van der Waals surface area contributed by atoms with Crippen LogP contribution in [0.15, 0.2) is 24.5 Å². The van der Waals surface area contributed by atoms with E-state index in [1.807, 2.05) is 19.1 Å². The number of hydrogen-bond donors (Lipinski definition) is 0. The summed E-state index contributed by atoms with van der Waals surface area (Å²) in [7, 11) is 0.